The van der Waals surface area contributed by atoms with Gasteiger partial charge in [-0.3, -0.25) is 4.98 Å². The summed E-state index contributed by atoms with van der Waals surface area (Å²) in [4.78, 5) is 9.06. The van der Waals surface area contributed by atoms with Crippen LogP contribution in [-0.2, 0) is 6.42 Å². The molecule has 2 aromatic rings. The summed E-state index contributed by atoms with van der Waals surface area (Å²) in [6.45, 7) is 2.38. The third-order valence-electron chi connectivity index (χ3n) is 4.71. The number of rotatable bonds is 4. The minimum atomic E-state index is 0.699. The van der Waals surface area contributed by atoms with Crippen LogP contribution in [0.5, 0.6) is 0 Å². The highest BCUT2D eigenvalue weighted by atomic mass is 15.1. The molecule has 1 aliphatic carbocycles. The molecule has 0 atom stereocenters. The maximum Gasteiger partial charge on any atom is 0.110 e. The summed E-state index contributed by atoms with van der Waals surface area (Å²) in [6.07, 6.45) is 11.5. The zero-order valence-corrected chi connectivity index (χ0v) is 11.9. The highest BCUT2D eigenvalue weighted by molar-refractivity contribution is 5.75. The zero-order valence-electron chi connectivity index (χ0n) is 11.9. The number of fused-ring (bicyclic) bond motifs is 1. The van der Waals surface area contributed by atoms with Crippen LogP contribution in [0.25, 0.3) is 11.0 Å². The molecule has 20 heavy (non-hydrogen) atoms. The number of hydrogen-bond acceptors (Lipinski definition) is 3. The Bertz CT molecular complexity index is 594. The Balaban J connectivity index is 1.57. The number of aromatic nitrogens is 3. The first kappa shape index (κ1) is 12.3. The van der Waals surface area contributed by atoms with Crippen molar-refractivity contribution in [1.29, 1.82) is 0 Å². The minimum absolute atomic E-state index is 0.699. The lowest BCUT2D eigenvalue weighted by molar-refractivity contribution is 0.351. The van der Waals surface area contributed by atoms with E-state index in [-0.39, 0.29) is 0 Å². The molecule has 1 N–H and O–H groups in total. The number of imidazole rings is 1. The van der Waals surface area contributed by atoms with Crippen molar-refractivity contribution in [3.05, 3.63) is 24.3 Å². The van der Waals surface area contributed by atoms with Crippen LogP contribution in [-0.4, -0.2) is 27.6 Å². The Hall–Kier alpha value is -1.42. The van der Waals surface area contributed by atoms with Crippen molar-refractivity contribution < 1.29 is 0 Å². The van der Waals surface area contributed by atoms with Crippen LogP contribution >= 0.6 is 0 Å². The number of hydrogen-bond donors (Lipinski definition) is 1. The predicted molar refractivity (Wildman–Crippen MR) is 79.7 cm³/mol. The molecule has 4 heteroatoms. The summed E-state index contributed by atoms with van der Waals surface area (Å²) in [5.74, 6) is 2.16. The van der Waals surface area contributed by atoms with Crippen molar-refractivity contribution in [2.75, 3.05) is 13.1 Å². The van der Waals surface area contributed by atoms with Crippen molar-refractivity contribution in [2.45, 2.75) is 44.6 Å². The summed E-state index contributed by atoms with van der Waals surface area (Å²) in [6, 6.07) is 2.82. The summed E-state index contributed by atoms with van der Waals surface area (Å²) in [7, 11) is 0. The highest BCUT2D eigenvalue weighted by Crippen LogP contribution is 2.39. The normalized spacial score (nSPS) is 20.6. The largest absolute Gasteiger partial charge is 0.325 e. The summed E-state index contributed by atoms with van der Waals surface area (Å²) in [5.41, 5.74) is 2.35. The lowest BCUT2D eigenvalue weighted by Gasteiger charge is -2.22. The molecule has 4 rings (SSSR count). The molecule has 106 valence electrons. The number of nitrogens with zero attached hydrogens (tertiary/aromatic N) is 3. The maximum atomic E-state index is 4.84. The van der Waals surface area contributed by atoms with Gasteiger partial charge in [0.1, 0.15) is 11.3 Å². The second-order valence-corrected chi connectivity index (χ2v) is 6.23. The van der Waals surface area contributed by atoms with Crippen LogP contribution < -0.4 is 5.32 Å². The molecule has 0 amide bonds. The van der Waals surface area contributed by atoms with Gasteiger partial charge in [0.2, 0.25) is 0 Å². The molecular formula is C16H22N4. The van der Waals surface area contributed by atoms with Crippen LogP contribution in [0.15, 0.2) is 18.5 Å². The van der Waals surface area contributed by atoms with E-state index in [0.717, 1.165) is 17.9 Å². The van der Waals surface area contributed by atoms with E-state index in [2.05, 4.69) is 20.9 Å². The molecule has 1 aliphatic heterocycles. The topological polar surface area (TPSA) is 42.7 Å². The molecule has 2 aliphatic rings. The van der Waals surface area contributed by atoms with E-state index in [1.807, 2.05) is 12.4 Å². The predicted octanol–water partition coefficient (Wildman–Crippen LogP) is 2.70. The molecule has 0 aromatic carbocycles. The minimum Gasteiger partial charge on any atom is -0.325 e. The average molecular weight is 270 g/mol. The second-order valence-electron chi connectivity index (χ2n) is 6.23. The van der Waals surface area contributed by atoms with Gasteiger partial charge < -0.3 is 9.88 Å². The van der Waals surface area contributed by atoms with Gasteiger partial charge in [0, 0.05) is 18.7 Å². The van der Waals surface area contributed by atoms with Gasteiger partial charge in [-0.1, -0.05) is 0 Å². The first-order valence-corrected chi connectivity index (χ1v) is 7.93. The first-order chi connectivity index (χ1) is 9.92. The number of nitrogens with one attached hydrogen (secondary N) is 1. The lowest BCUT2D eigenvalue weighted by atomic mass is 9.93. The van der Waals surface area contributed by atoms with Gasteiger partial charge in [-0.05, 0) is 57.2 Å². The maximum absolute atomic E-state index is 4.84. The van der Waals surface area contributed by atoms with Crippen LogP contribution in [0, 0.1) is 5.92 Å². The van der Waals surface area contributed by atoms with Gasteiger partial charge in [0.25, 0.3) is 0 Å². The lowest BCUT2D eigenvalue weighted by Crippen LogP contribution is -2.28. The van der Waals surface area contributed by atoms with Crippen molar-refractivity contribution in [3.8, 4) is 0 Å². The van der Waals surface area contributed by atoms with Crippen LogP contribution in [0.4, 0.5) is 0 Å². The molecule has 0 radical (unpaired) electrons. The Morgan fingerprint density at radius 2 is 2.05 bits per heavy atom. The molecule has 4 nitrogen and oxygen atoms in total. The summed E-state index contributed by atoms with van der Waals surface area (Å²) in [5, 5.41) is 3.44. The van der Waals surface area contributed by atoms with Gasteiger partial charge in [0.05, 0.1) is 11.7 Å². The Morgan fingerprint density at radius 3 is 2.85 bits per heavy atom. The Morgan fingerprint density at radius 1 is 1.20 bits per heavy atom. The standard InChI is InChI=1S/C16H22N4/c1(12-5-8-17-9-6-12)4-16-19-14-11-18-10-7-15(14)20(16)13-2-3-13/h7,10-13,17H,1-6,8-9H2. The third-order valence-corrected chi connectivity index (χ3v) is 4.71. The zero-order chi connectivity index (χ0) is 13.4. The Labute approximate surface area is 119 Å². The number of pyridine rings is 1. The first-order valence-electron chi connectivity index (χ1n) is 7.93. The molecule has 2 aromatic heterocycles. The van der Waals surface area contributed by atoms with E-state index in [9.17, 15) is 0 Å². The third kappa shape index (κ3) is 2.33. The Kier molecular flexibility index (Phi) is 3.19. The monoisotopic (exact) mass is 270 g/mol. The quantitative estimate of drug-likeness (QED) is 0.929. The molecule has 0 spiro atoms. The van der Waals surface area contributed by atoms with E-state index in [4.69, 9.17) is 4.98 Å². The van der Waals surface area contributed by atoms with E-state index < -0.39 is 0 Å². The SMILES string of the molecule is c1cc2c(cn1)nc(CCC1CCNCC1)n2C1CC1. The number of piperidine rings is 1. The molecule has 0 bridgehead atoms. The van der Waals surface area contributed by atoms with E-state index in [1.54, 1.807) is 0 Å². The van der Waals surface area contributed by atoms with Gasteiger partial charge in [-0.25, -0.2) is 4.98 Å². The molecule has 1 saturated carbocycles. The molecular weight excluding hydrogens is 248 g/mol. The van der Waals surface area contributed by atoms with Crippen LogP contribution in [0.3, 0.4) is 0 Å². The van der Waals surface area contributed by atoms with E-state index in [0.29, 0.717) is 6.04 Å². The van der Waals surface area contributed by atoms with Gasteiger partial charge in [-0.2, -0.15) is 0 Å². The van der Waals surface area contributed by atoms with E-state index in [1.165, 1.54) is 56.5 Å². The average Bonchev–Trinajstić information content (AvgIpc) is 3.27. The van der Waals surface area contributed by atoms with Crippen molar-refractivity contribution in [3.63, 3.8) is 0 Å². The summed E-state index contributed by atoms with van der Waals surface area (Å²) < 4.78 is 2.48. The van der Waals surface area contributed by atoms with Crippen molar-refractivity contribution in [2.24, 2.45) is 5.92 Å². The van der Waals surface area contributed by atoms with E-state index >= 15 is 0 Å². The van der Waals surface area contributed by atoms with Gasteiger partial charge in [-0.15, -0.1) is 0 Å². The van der Waals surface area contributed by atoms with Crippen molar-refractivity contribution in [1.82, 2.24) is 19.9 Å². The highest BCUT2D eigenvalue weighted by Gasteiger charge is 2.28. The molecule has 3 heterocycles. The van der Waals surface area contributed by atoms with Gasteiger partial charge in [0.15, 0.2) is 0 Å². The van der Waals surface area contributed by atoms with Crippen molar-refractivity contribution >= 4 is 11.0 Å². The molecule has 1 saturated heterocycles. The smallest absolute Gasteiger partial charge is 0.110 e. The second kappa shape index (κ2) is 5.17. The molecule has 0 unspecified atom stereocenters. The fourth-order valence-electron chi connectivity index (χ4n) is 3.42. The van der Waals surface area contributed by atoms with Crippen LogP contribution in [0.1, 0.15) is 44.0 Å². The van der Waals surface area contributed by atoms with Gasteiger partial charge >= 0.3 is 0 Å². The summed E-state index contributed by atoms with van der Waals surface area (Å²) >= 11 is 0. The fraction of sp³-hybridized carbons (Fsp3) is 0.625. The fourth-order valence-corrected chi connectivity index (χ4v) is 3.42. The van der Waals surface area contributed by atoms with Crippen LogP contribution in [0.2, 0.25) is 0 Å². The number of aryl methyl sites for hydroxylation is 1. The molecule has 2 fully saturated rings.